The zero-order chi connectivity index (χ0) is 16.0. The first-order chi connectivity index (χ1) is 10.6. The zero-order valence-corrected chi connectivity index (χ0v) is 15.2. The molecule has 1 amide bonds. The van der Waals surface area contributed by atoms with Gasteiger partial charge in [0.25, 0.3) is 0 Å². The van der Waals surface area contributed by atoms with Crippen LogP contribution in [0, 0.1) is 5.92 Å². The van der Waals surface area contributed by atoms with E-state index < -0.39 is 0 Å². The Bertz CT molecular complexity index is 457. The third-order valence-corrected chi connectivity index (χ3v) is 5.50. The average Bonchev–Trinajstić information content (AvgIpc) is 2.60. The Balaban J connectivity index is 0.00000264. The maximum Gasteiger partial charge on any atom is 0.223 e. The van der Waals surface area contributed by atoms with E-state index in [2.05, 4.69) is 49.5 Å². The molecule has 3 nitrogen and oxygen atoms in total. The number of hydrogen-bond donors (Lipinski definition) is 2. The summed E-state index contributed by atoms with van der Waals surface area (Å²) in [6.45, 7) is 4.72. The summed E-state index contributed by atoms with van der Waals surface area (Å²) in [6, 6.07) is 10.7. The first-order valence-electron chi connectivity index (χ1n) is 8.71. The third kappa shape index (κ3) is 4.95. The molecule has 0 saturated heterocycles. The van der Waals surface area contributed by atoms with Gasteiger partial charge in [0.05, 0.1) is 5.54 Å². The quantitative estimate of drug-likeness (QED) is 0.823. The normalized spacial score (nSPS) is 21.3. The fourth-order valence-corrected chi connectivity index (χ4v) is 3.54. The summed E-state index contributed by atoms with van der Waals surface area (Å²) in [7, 11) is 0. The van der Waals surface area contributed by atoms with Crippen LogP contribution in [0.15, 0.2) is 30.3 Å². The molecule has 0 aliphatic heterocycles. The summed E-state index contributed by atoms with van der Waals surface area (Å²) in [4.78, 5) is 12.6. The lowest BCUT2D eigenvalue weighted by molar-refractivity contribution is -0.128. The van der Waals surface area contributed by atoms with Crippen molar-refractivity contribution in [3.05, 3.63) is 35.9 Å². The molecule has 0 bridgehead atoms. The van der Waals surface area contributed by atoms with E-state index in [-0.39, 0.29) is 29.8 Å². The monoisotopic (exact) mass is 338 g/mol. The number of rotatable bonds is 6. The molecular weight excluding hydrogens is 308 g/mol. The Kier molecular flexibility index (Phi) is 8.07. The number of carbonyl (C=O) groups is 1. The highest BCUT2D eigenvalue weighted by atomic mass is 35.5. The molecule has 3 N–H and O–H groups in total. The van der Waals surface area contributed by atoms with Gasteiger partial charge in [0.2, 0.25) is 5.91 Å². The van der Waals surface area contributed by atoms with Crippen molar-refractivity contribution in [2.45, 2.75) is 63.8 Å². The van der Waals surface area contributed by atoms with Crippen LogP contribution in [0.4, 0.5) is 0 Å². The van der Waals surface area contributed by atoms with Gasteiger partial charge in [-0.1, -0.05) is 44.2 Å². The second kappa shape index (κ2) is 9.29. The Labute approximate surface area is 146 Å². The first kappa shape index (κ1) is 20.0. The summed E-state index contributed by atoms with van der Waals surface area (Å²) >= 11 is 0. The van der Waals surface area contributed by atoms with Gasteiger partial charge in [0, 0.05) is 12.5 Å². The molecule has 0 unspecified atom stereocenters. The molecule has 0 radical (unpaired) electrons. The number of hydrogen-bond acceptors (Lipinski definition) is 2. The van der Waals surface area contributed by atoms with E-state index in [1.54, 1.807) is 0 Å². The van der Waals surface area contributed by atoms with Crippen molar-refractivity contribution in [1.82, 2.24) is 5.32 Å². The number of halogens is 1. The van der Waals surface area contributed by atoms with Crippen LogP contribution in [0.2, 0.25) is 0 Å². The standard InChI is InChI=1S/C19H30N2O.ClH/c1-3-19(4-2,14-20)21-18(22)17-12-10-16(11-13-17)15-8-6-5-7-9-15;/h5-9,16-17H,3-4,10-14,20H2,1-2H3,(H,21,22);1H. The number of amides is 1. The van der Waals surface area contributed by atoms with Crippen LogP contribution < -0.4 is 11.1 Å². The van der Waals surface area contributed by atoms with Crippen LogP contribution in [0.3, 0.4) is 0 Å². The van der Waals surface area contributed by atoms with E-state index in [9.17, 15) is 4.79 Å². The summed E-state index contributed by atoms with van der Waals surface area (Å²) in [5, 5.41) is 3.24. The van der Waals surface area contributed by atoms with Crippen LogP contribution >= 0.6 is 12.4 Å². The van der Waals surface area contributed by atoms with Gasteiger partial charge in [0.1, 0.15) is 0 Å². The van der Waals surface area contributed by atoms with Gasteiger partial charge in [-0.3, -0.25) is 4.79 Å². The molecule has 0 spiro atoms. The summed E-state index contributed by atoms with van der Waals surface area (Å²) in [6.07, 6.45) is 5.97. The maximum atomic E-state index is 12.6. The summed E-state index contributed by atoms with van der Waals surface area (Å²) in [5.41, 5.74) is 7.09. The van der Waals surface area contributed by atoms with Gasteiger partial charge in [-0.25, -0.2) is 0 Å². The van der Waals surface area contributed by atoms with E-state index in [0.717, 1.165) is 38.5 Å². The first-order valence-corrected chi connectivity index (χ1v) is 8.71. The molecule has 1 fully saturated rings. The van der Waals surface area contributed by atoms with Crippen molar-refractivity contribution in [2.24, 2.45) is 11.7 Å². The highest BCUT2D eigenvalue weighted by molar-refractivity contribution is 5.85. The lowest BCUT2D eigenvalue weighted by atomic mass is 9.78. The molecule has 1 aliphatic carbocycles. The van der Waals surface area contributed by atoms with Crippen molar-refractivity contribution >= 4 is 18.3 Å². The Morgan fingerprint density at radius 2 is 1.70 bits per heavy atom. The maximum absolute atomic E-state index is 12.6. The molecular formula is C19H31ClN2O. The van der Waals surface area contributed by atoms with Crippen molar-refractivity contribution in [3.63, 3.8) is 0 Å². The number of nitrogens with two attached hydrogens (primary N) is 1. The van der Waals surface area contributed by atoms with E-state index in [0.29, 0.717) is 12.5 Å². The smallest absolute Gasteiger partial charge is 0.223 e. The molecule has 2 rings (SSSR count). The molecule has 23 heavy (non-hydrogen) atoms. The minimum absolute atomic E-state index is 0. The lowest BCUT2D eigenvalue weighted by Gasteiger charge is -2.35. The minimum atomic E-state index is -0.215. The summed E-state index contributed by atoms with van der Waals surface area (Å²) in [5.74, 6) is 0.978. The van der Waals surface area contributed by atoms with E-state index >= 15 is 0 Å². The zero-order valence-electron chi connectivity index (χ0n) is 14.4. The van der Waals surface area contributed by atoms with Crippen molar-refractivity contribution in [2.75, 3.05) is 6.54 Å². The highest BCUT2D eigenvalue weighted by Crippen LogP contribution is 2.36. The lowest BCUT2D eigenvalue weighted by Crippen LogP contribution is -2.54. The largest absolute Gasteiger partial charge is 0.349 e. The van der Waals surface area contributed by atoms with Crippen molar-refractivity contribution in [1.29, 1.82) is 0 Å². The molecule has 1 aliphatic rings. The van der Waals surface area contributed by atoms with Gasteiger partial charge in [-0.15, -0.1) is 12.4 Å². The van der Waals surface area contributed by atoms with Crippen LogP contribution in [-0.2, 0) is 4.79 Å². The fourth-order valence-electron chi connectivity index (χ4n) is 3.54. The molecule has 0 atom stereocenters. The van der Waals surface area contributed by atoms with Gasteiger partial charge >= 0.3 is 0 Å². The van der Waals surface area contributed by atoms with E-state index in [4.69, 9.17) is 5.73 Å². The van der Waals surface area contributed by atoms with Crippen molar-refractivity contribution < 1.29 is 4.79 Å². The number of benzene rings is 1. The van der Waals surface area contributed by atoms with Gasteiger partial charge in [-0.05, 0) is 50.0 Å². The summed E-state index contributed by atoms with van der Waals surface area (Å²) < 4.78 is 0. The Hall–Kier alpha value is -1.06. The van der Waals surface area contributed by atoms with Crippen LogP contribution in [0.1, 0.15) is 63.9 Å². The van der Waals surface area contributed by atoms with E-state index in [1.807, 2.05) is 0 Å². The minimum Gasteiger partial charge on any atom is -0.349 e. The molecule has 4 heteroatoms. The molecule has 130 valence electrons. The average molecular weight is 339 g/mol. The predicted molar refractivity (Wildman–Crippen MR) is 98.9 cm³/mol. The van der Waals surface area contributed by atoms with Gasteiger partial charge < -0.3 is 11.1 Å². The molecule has 1 saturated carbocycles. The van der Waals surface area contributed by atoms with Crippen LogP contribution in [0.5, 0.6) is 0 Å². The second-order valence-electron chi connectivity index (χ2n) is 6.64. The topological polar surface area (TPSA) is 55.1 Å². The van der Waals surface area contributed by atoms with Crippen LogP contribution in [-0.4, -0.2) is 18.0 Å². The van der Waals surface area contributed by atoms with Crippen molar-refractivity contribution in [3.8, 4) is 0 Å². The Morgan fingerprint density at radius 1 is 1.13 bits per heavy atom. The molecule has 1 aromatic carbocycles. The molecule has 1 aromatic rings. The van der Waals surface area contributed by atoms with Gasteiger partial charge in [-0.2, -0.15) is 0 Å². The Morgan fingerprint density at radius 3 is 2.17 bits per heavy atom. The van der Waals surface area contributed by atoms with Gasteiger partial charge in [0.15, 0.2) is 0 Å². The second-order valence-corrected chi connectivity index (χ2v) is 6.64. The fraction of sp³-hybridized carbons (Fsp3) is 0.632. The van der Waals surface area contributed by atoms with E-state index in [1.165, 1.54) is 5.56 Å². The molecule has 0 aromatic heterocycles. The SMILES string of the molecule is CCC(CC)(CN)NC(=O)C1CCC(c2ccccc2)CC1.Cl. The third-order valence-electron chi connectivity index (χ3n) is 5.50. The van der Waals surface area contributed by atoms with Crippen LogP contribution in [0.25, 0.3) is 0 Å². The highest BCUT2D eigenvalue weighted by Gasteiger charge is 2.32. The predicted octanol–water partition coefficient (Wildman–Crippen LogP) is 4.02. The number of nitrogens with one attached hydrogen (secondary N) is 1. The molecule has 0 heterocycles. The number of carbonyl (C=O) groups excluding carboxylic acids is 1.